The van der Waals surface area contributed by atoms with E-state index >= 15 is 0 Å². The predicted molar refractivity (Wildman–Crippen MR) is 324 cm³/mol. The maximum absolute atomic E-state index is 6.44. The molecule has 13 aromatic carbocycles. The maximum atomic E-state index is 6.44. The Kier molecular flexibility index (Phi) is 9.51. The van der Waals surface area contributed by atoms with E-state index in [2.05, 4.69) is 264 Å². The third-order valence-corrected chi connectivity index (χ3v) is 17.0. The molecule has 3 nitrogen and oxygen atoms in total. The first kappa shape index (κ1) is 42.7. The molecule has 0 unspecified atom stereocenters. The number of hydrogen-bond donors (Lipinski definition) is 0. The van der Waals surface area contributed by atoms with Crippen molar-refractivity contribution in [1.82, 2.24) is 4.57 Å². The minimum Gasteiger partial charge on any atom is -0.455 e. The third-order valence-electron chi connectivity index (χ3n) is 15.8. The van der Waals surface area contributed by atoms with Gasteiger partial charge in [-0.25, -0.2) is 0 Å². The highest BCUT2D eigenvalue weighted by Crippen LogP contribution is 2.45. The summed E-state index contributed by atoms with van der Waals surface area (Å²) in [4.78, 5) is 2.33. The third kappa shape index (κ3) is 6.61. The quantitative estimate of drug-likeness (QED) is 0.148. The highest BCUT2D eigenvalue weighted by molar-refractivity contribution is 7.26. The predicted octanol–water partition coefficient (Wildman–Crippen LogP) is 21.0. The monoisotopic (exact) mass is 984 g/mol. The molecule has 0 amide bonds. The Morgan fingerprint density at radius 1 is 0.303 bits per heavy atom. The molecule has 3 heterocycles. The van der Waals surface area contributed by atoms with E-state index in [9.17, 15) is 0 Å². The number of rotatable bonds is 7. The van der Waals surface area contributed by atoms with E-state index in [0.29, 0.717) is 0 Å². The normalized spacial score (nSPS) is 11.9. The fourth-order valence-corrected chi connectivity index (χ4v) is 13.5. The Morgan fingerprint density at radius 3 is 1.53 bits per heavy atom. The van der Waals surface area contributed by atoms with Gasteiger partial charge in [0.1, 0.15) is 11.2 Å². The van der Waals surface area contributed by atoms with Gasteiger partial charge in [-0.15, -0.1) is 11.3 Å². The molecule has 0 atom stereocenters. The number of aromatic nitrogens is 1. The molecule has 0 saturated carbocycles. The van der Waals surface area contributed by atoms with Gasteiger partial charge in [-0.05, 0) is 145 Å². The molecule has 0 aliphatic carbocycles. The molecular weight excluding hydrogens is 941 g/mol. The number of thiophene rings is 1. The van der Waals surface area contributed by atoms with Crippen molar-refractivity contribution >= 4 is 125 Å². The van der Waals surface area contributed by atoms with Crippen molar-refractivity contribution in [3.63, 3.8) is 0 Å². The fraction of sp³-hybridized carbons (Fsp3) is 0. The van der Waals surface area contributed by atoms with Crippen LogP contribution in [0.5, 0.6) is 0 Å². The molecule has 0 saturated heterocycles. The maximum Gasteiger partial charge on any atom is 0.143 e. The zero-order valence-corrected chi connectivity index (χ0v) is 41.9. The van der Waals surface area contributed by atoms with Crippen molar-refractivity contribution in [1.29, 1.82) is 0 Å². The van der Waals surface area contributed by atoms with Crippen LogP contribution in [0.15, 0.2) is 271 Å². The highest BCUT2D eigenvalue weighted by atomic mass is 32.1. The molecule has 16 rings (SSSR count). The molecule has 0 radical (unpaired) electrons. The number of fused-ring (bicyclic) bond motifs is 15. The molecule has 3 aromatic heterocycles. The van der Waals surface area contributed by atoms with Crippen molar-refractivity contribution in [2.24, 2.45) is 0 Å². The average molecular weight is 985 g/mol. The Bertz CT molecular complexity index is 4950. The van der Waals surface area contributed by atoms with Crippen LogP contribution >= 0.6 is 11.3 Å². The Labute approximate surface area is 442 Å². The molecule has 0 spiro atoms. The summed E-state index contributed by atoms with van der Waals surface area (Å²) in [6.07, 6.45) is 0. The summed E-state index contributed by atoms with van der Waals surface area (Å²) in [7, 11) is 0. The summed E-state index contributed by atoms with van der Waals surface area (Å²) in [5.74, 6) is 0. The van der Waals surface area contributed by atoms with Crippen LogP contribution in [0.2, 0.25) is 0 Å². The van der Waals surface area contributed by atoms with E-state index in [0.717, 1.165) is 61.4 Å². The molecule has 0 fully saturated rings. The van der Waals surface area contributed by atoms with E-state index in [1.54, 1.807) is 0 Å². The van der Waals surface area contributed by atoms with Crippen LogP contribution in [0, 0.1) is 0 Å². The van der Waals surface area contributed by atoms with Crippen molar-refractivity contribution in [2.45, 2.75) is 0 Å². The molecule has 4 heteroatoms. The number of hydrogen-bond acceptors (Lipinski definition) is 3. The minimum absolute atomic E-state index is 0.904. The molecular formula is C72H44N2OS. The summed E-state index contributed by atoms with van der Waals surface area (Å²) >= 11 is 1.88. The lowest BCUT2D eigenvalue weighted by Gasteiger charge is -2.26. The van der Waals surface area contributed by atoms with E-state index in [1.165, 1.54) is 91.0 Å². The molecule has 354 valence electrons. The van der Waals surface area contributed by atoms with Crippen molar-refractivity contribution < 1.29 is 4.42 Å². The molecule has 0 aliphatic rings. The molecule has 0 aliphatic heterocycles. The smallest absolute Gasteiger partial charge is 0.143 e. The van der Waals surface area contributed by atoms with Crippen molar-refractivity contribution in [3.05, 3.63) is 267 Å². The number of benzene rings is 13. The standard InChI is InChI=1S/C72H44N2OS/c1-2-14-49(15-3-1)73(51-36-30-46(31-37-51)53-22-12-24-62-60-20-8-10-26-69(60)75-71(53)62)50-34-28-45(29-35-50)47-32-40-67-65(42-47)66-43-48(54-23-13-25-63-61-21-9-11-27-70(61)76-72(54)63)33-41-68(66)74(67)52-38-39-59-57-18-5-4-16-55(57)56-17-6-7-19-58(56)64(59)44-52/h1-44H. The van der Waals surface area contributed by atoms with Crippen LogP contribution in [-0.4, -0.2) is 4.57 Å². The van der Waals surface area contributed by atoms with Gasteiger partial charge in [0.25, 0.3) is 0 Å². The van der Waals surface area contributed by atoms with Crippen LogP contribution in [-0.2, 0) is 0 Å². The first-order valence-corrected chi connectivity index (χ1v) is 26.8. The average Bonchev–Trinajstić information content (AvgIpc) is 4.31. The Morgan fingerprint density at radius 2 is 0.816 bits per heavy atom. The number of para-hydroxylation sites is 3. The lowest BCUT2D eigenvalue weighted by molar-refractivity contribution is 0.670. The second-order valence-electron chi connectivity index (χ2n) is 19.9. The molecule has 16 aromatic rings. The van der Waals surface area contributed by atoms with Gasteiger partial charge in [0.05, 0.1) is 11.0 Å². The van der Waals surface area contributed by atoms with Crippen LogP contribution < -0.4 is 4.90 Å². The number of anilines is 3. The van der Waals surface area contributed by atoms with Gasteiger partial charge in [-0.3, -0.25) is 0 Å². The Hall–Kier alpha value is -9.74. The lowest BCUT2D eigenvalue weighted by Crippen LogP contribution is -2.09. The fourth-order valence-electron chi connectivity index (χ4n) is 12.2. The van der Waals surface area contributed by atoms with Gasteiger partial charge >= 0.3 is 0 Å². The zero-order valence-electron chi connectivity index (χ0n) is 41.1. The topological polar surface area (TPSA) is 21.3 Å². The minimum atomic E-state index is 0.904. The highest BCUT2D eigenvalue weighted by Gasteiger charge is 2.20. The Balaban J connectivity index is 0.829. The van der Waals surface area contributed by atoms with Gasteiger partial charge in [0, 0.05) is 70.0 Å². The van der Waals surface area contributed by atoms with Gasteiger partial charge in [0.15, 0.2) is 0 Å². The van der Waals surface area contributed by atoms with Gasteiger partial charge < -0.3 is 13.9 Å². The van der Waals surface area contributed by atoms with E-state index in [-0.39, 0.29) is 0 Å². The number of nitrogens with zero attached hydrogens (tertiary/aromatic N) is 2. The second kappa shape index (κ2) is 16.9. The lowest BCUT2D eigenvalue weighted by atomic mass is 9.94. The first-order valence-electron chi connectivity index (χ1n) is 26.0. The van der Waals surface area contributed by atoms with E-state index in [1.807, 2.05) is 23.5 Å². The van der Waals surface area contributed by atoms with Crippen molar-refractivity contribution in [3.8, 4) is 39.1 Å². The summed E-state index contributed by atoms with van der Waals surface area (Å²) in [5, 5.41) is 15.0. The van der Waals surface area contributed by atoms with Crippen molar-refractivity contribution in [2.75, 3.05) is 4.90 Å². The molecule has 76 heavy (non-hydrogen) atoms. The molecule has 0 bridgehead atoms. The van der Waals surface area contributed by atoms with Gasteiger partial charge in [0.2, 0.25) is 0 Å². The van der Waals surface area contributed by atoms with Gasteiger partial charge in [-0.1, -0.05) is 182 Å². The van der Waals surface area contributed by atoms with E-state index < -0.39 is 0 Å². The largest absolute Gasteiger partial charge is 0.455 e. The van der Waals surface area contributed by atoms with Crippen LogP contribution in [0.3, 0.4) is 0 Å². The summed E-state index contributed by atoms with van der Waals surface area (Å²) in [6.45, 7) is 0. The number of furan rings is 1. The SMILES string of the molecule is c1ccc(N(c2ccc(-c3ccc4c(c3)c3cc(-c5cccc6c5sc5ccccc56)ccc3n4-c3ccc4c5ccccc5c5ccccc5c4c3)cc2)c2ccc(-c3cccc4c3oc3ccccc34)cc2)cc1. The first-order chi connectivity index (χ1) is 37.7. The van der Waals surface area contributed by atoms with Crippen LogP contribution in [0.1, 0.15) is 0 Å². The van der Waals surface area contributed by atoms with Crippen LogP contribution in [0.4, 0.5) is 17.1 Å². The van der Waals surface area contributed by atoms with Crippen LogP contribution in [0.25, 0.3) is 135 Å². The second-order valence-corrected chi connectivity index (χ2v) is 21.0. The van der Waals surface area contributed by atoms with Gasteiger partial charge in [-0.2, -0.15) is 0 Å². The summed E-state index contributed by atoms with van der Waals surface area (Å²) < 4.78 is 11.6. The summed E-state index contributed by atoms with van der Waals surface area (Å²) in [5.41, 5.74) is 15.6. The molecule has 0 N–H and O–H groups in total. The summed E-state index contributed by atoms with van der Waals surface area (Å²) in [6, 6.07) is 97.7. The zero-order chi connectivity index (χ0) is 49.8. The van der Waals surface area contributed by atoms with E-state index in [4.69, 9.17) is 4.42 Å².